The van der Waals surface area contributed by atoms with Crippen molar-refractivity contribution in [1.29, 1.82) is 0 Å². The molecule has 1 aromatic heterocycles. The van der Waals surface area contributed by atoms with Crippen molar-refractivity contribution < 1.29 is 9.90 Å². The first-order chi connectivity index (χ1) is 9.21. The summed E-state index contributed by atoms with van der Waals surface area (Å²) < 4.78 is 0. The molecule has 1 fully saturated rings. The van der Waals surface area contributed by atoms with E-state index >= 15 is 0 Å². The standard InChI is InChI=1S/C13H22N4O2S/c1-6(2)15-12-17-10(14)9(20-12)11(19)16-7-5-8(18)13(7,3)4/h6-8,18H,5,14H2,1-4H3,(H,15,17)(H,16,19). The zero-order valence-electron chi connectivity index (χ0n) is 12.2. The molecule has 1 saturated carbocycles. The Hall–Kier alpha value is -1.34. The highest BCUT2D eigenvalue weighted by atomic mass is 32.1. The fourth-order valence-corrected chi connectivity index (χ4v) is 3.11. The molecule has 1 aromatic rings. The van der Waals surface area contributed by atoms with Gasteiger partial charge in [0, 0.05) is 17.5 Å². The summed E-state index contributed by atoms with van der Waals surface area (Å²) >= 11 is 1.25. The maximum Gasteiger partial charge on any atom is 0.265 e. The lowest BCUT2D eigenvalue weighted by Gasteiger charge is -2.49. The number of nitrogens with one attached hydrogen (secondary N) is 2. The third-order valence-corrected chi connectivity index (χ3v) is 4.79. The zero-order valence-corrected chi connectivity index (χ0v) is 13.0. The second kappa shape index (κ2) is 5.21. The number of hydrogen-bond acceptors (Lipinski definition) is 6. The normalized spacial score (nSPS) is 24.3. The van der Waals surface area contributed by atoms with E-state index in [2.05, 4.69) is 15.6 Å². The number of aromatic nitrogens is 1. The highest BCUT2D eigenvalue weighted by Gasteiger charge is 2.48. The van der Waals surface area contributed by atoms with Crippen molar-refractivity contribution in [3.8, 4) is 0 Å². The van der Waals surface area contributed by atoms with Gasteiger partial charge in [0.15, 0.2) is 5.13 Å². The lowest BCUT2D eigenvalue weighted by atomic mass is 9.64. The molecule has 1 aliphatic carbocycles. The molecule has 2 atom stereocenters. The van der Waals surface area contributed by atoms with Crippen LogP contribution in [0.3, 0.4) is 0 Å². The number of thiazole rings is 1. The molecule has 1 aliphatic rings. The van der Waals surface area contributed by atoms with Gasteiger partial charge in [0.2, 0.25) is 0 Å². The molecule has 7 heteroatoms. The Morgan fingerprint density at radius 1 is 1.55 bits per heavy atom. The van der Waals surface area contributed by atoms with Crippen LogP contribution in [0.25, 0.3) is 0 Å². The quantitative estimate of drug-likeness (QED) is 0.674. The molecule has 1 amide bonds. The van der Waals surface area contributed by atoms with Crippen molar-refractivity contribution in [2.24, 2.45) is 5.41 Å². The van der Waals surface area contributed by atoms with Crippen molar-refractivity contribution in [2.75, 3.05) is 11.1 Å². The average molecular weight is 298 g/mol. The van der Waals surface area contributed by atoms with E-state index in [4.69, 9.17) is 5.73 Å². The van der Waals surface area contributed by atoms with Gasteiger partial charge in [-0.2, -0.15) is 0 Å². The molecular weight excluding hydrogens is 276 g/mol. The third kappa shape index (κ3) is 2.73. The number of nitrogens with zero attached hydrogens (tertiary/aromatic N) is 1. The van der Waals surface area contributed by atoms with Crippen LogP contribution in [-0.2, 0) is 0 Å². The largest absolute Gasteiger partial charge is 0.392 e. The first-order valence-electron chi connectivity index (χ1n) is 6.73. The molecule has 6 nitrogen and oxygen atoms in total. The minimum absolute atomic E-state index is 0.0343. The van der Waals surface area contributed by atoms with Crippen LogP contribution in [0.1, 0.15) is 43.8 Å². The molecule has 0 aliphatic heterocycles. The van der Waals surface area contributed by atoms with Crippen molar-refractivity contribution in [2.45, 2.75) is 52.3 Å². The number of nitrogens with two attached hydrogens (primary N) is 1. The third-order valence-electron chi connectivity index (χ3n) is 3.79. The van der Waals surface area contributed by atoms with Gasteiger partial charge in [-0.3, -0.25) is 4.79 Å². The number of anilines is 2. The molecule has 0 radical (unpaired) electrons. The number of rotatable bonds is 4. The Morgan fingerprint density at radius 3 is 2.70 bits per heavy atom. The van der Waals surface area contributed by atoms with Gasteiger partial charge in [-0.1, -0.05) is 25.2 Å². The molecule has 1 heterocycles. The number of aliphatic hydroxyl groups excluding tert-OH is 1. The fourth-order valence-electron chi connectivity index (χ4n) is 2.17. The Kier molecular flexibility index (Phi) is 3.93. The van der Waals surface area contributed by atoms with Crippen LogP contribution in [0.2, 0.25) is 0 Å². The van der Waals surface area contributed by atoms with Gasteiger partial charge < -0.3 is 21.5 Å². The number of aliphatic hydroxyl groups is 1. The predicted molar refractivity (Wildman–Crippen MR) is 80.9 cm³/mol. The Balaban J connectivity index is 2.05. The Labute approximate surface area is 122 Å². The van der Waals surface area contributed by atoms with Crippen molar-refractivity contribution in [1.82, 2.24) is 10.3 Å². The SMILES string of the molecule is CC(C)Nc1nc(N)c(C(=O)NC2CC(O)C2(C)C)s1. The first kappa shape index (κ1) is 15.1. The van der Waals surface area contributed by atoms with Crippen LogP contribution in [0.4, 0.5) is 10.9 Å². The highest BCUT2D eigenvalue weighted by Crippen LogP contribution is 2.40. The van der Waals surface area contributed by atoms with Gasteiger partial charge in [-0.25, -0.2) is 4.98 Å². The van der Waals surface area contributed by atoms with E-state index in [0.29, 0.717) is 16.4 Å². The lowest BCUT2D eigenvalue weighted by molar-refractivity contribution is -0.0689. The maximum atomic E-state index is 12.2. The van der Waals surface area contributed by atoms with E-state index in [-0.39, 0.29) is 35.3 Å². The lowest BCUT2D eigenvalue weighted by Crippen LogP contribution is -2.61. The van der Waals surface area contributed by atoms with E-state index in [1.54, 1.807) is 0 Å². The second-order valence-corrected chi connectivity index (χ2v) is 7.13. The van der Waals surface area contributed by atoms with Crippen LogP contribution in [0, 0.1) is 5.41 Å². The Morgan fingerprint density at radius 2 is 2.20 bits per heavy atom. The van der Waals surface area contributed by atoms with E-state index in [1.807, 2.05) is 27.7 Å². The summed E-state index contributed by atoms with van der Waals surface area (Å²) in [7, 11) is 0. The van der Waals surface area contributed by atoms with E-state index in [0.717, 1.165) is 0 Å². The van der Waals surface area contributed by atoms with Crippen LogP contribution in [0.5, 0.6) is 0 Å². The van der Waals surface area contributed by atoms with Crippen molar-refractivity contribution >= 4 is 28.2 Å². The van der Waals surface area contributed by atoms with E-state index in [1.165, 1.54) is 11.3 Å². The average Bonchev–Trinajstić information content (AvgIpc) is 2.68. The number of carbonyl (C=O) groups excluding carboxylic acids is 1. The molecule has 0 spiro atoms. The maximum absolute atomic E-state index is 12.2. The van der Waals surface area contributed by atoms with Crippen LogP contribution in [0.15, 0.2) is 0 Å². The van der Waals surface area contributed by atoms with E-state index < -0.39 is 0 Å². The Bertz CT molecular complexity index is 512. The smallest absolute Gasteiger partial charge is 0.265 e. The summed E-state index contributed by atoms with van der Waals surface area (Å²) in [6.45, 7) is 7.87. The van der Waals surface area contributed by atoms with Crippen LogP contribution in [-0.4, -0.2) is 34.2 Å². The molecule has 5 N–H and O–H groups in total. The molecule has 112 valence electrons. The van der Waals surface area contributed by atoms with Gasteiger partial charge in [-0.15, -0.1) is 0 Å². The van der Waals surface area contributed by atoms with Gasteiger partial charge in [0.05, 0.1) is 6.10 Å². The number of nitrogen functional groups attached to an aromatic ring is 1. The fraction of sp³-hybridized carbons (Fsp3) is 0.692. The molecular formula is C13H22N4O2S. The van der Waals surface area contributed by atoms with Gasteiger partial charge >= 0.3 is 0 Å². The summed E-state index contributed by atoms with van der Waals surface area (Å²) in [6, 6.07) is 0.199. The number of hydrogen-bond donors (Lipinski definition) is 4. The zero-order chi connectivity index (χ0) is 15.1. The summed E-state index contributed by atoms with van der Waals surface area (Å²) in [6.07, 6.45) is 0.207. The van der Waals surface area contributed by atoms with Gasteiger partial charge in [0.1, 0.15) is 10.7 Å². The number of amides is 1. The van der Waals surface area contributed by atoms with Gasteiger partial charge in [0.25, 0.3) is 5.91 Å². The first-order valence-corrected chi connectivity index (χ1v) is 7.55. The van der Waals surface area contributed by atoms with E-state index in [9.17, 15) is 9.90 Å². The summed E-state index contributed by atoms with van der Waals surface area (Å²) in [4.78, 5) is 16.8. The second-order valence-electron chi connectivity index (χ2n) is 6.13. The van der Waals surface area contributed by atoms with Gasteiger partial charge in [-0.05, 0) is 20.3 Å². The van der Waals surface area contributed by atoms with Crippen molar-refractivity contribution in [3.63, 3.8) is 0 Å². The minimum Gasteiger partial charge on any atom is -0.392 e. The minimum atomic E-state index is -0.371. The molecule has 20 heavy (non-hydrogen) atoms. The highest BCUT2D eigenvalue weighted by molar-refractivity contribution is 7.18. The summed E-state index contributed by atoms with van der Waals surface area (Å²) in [5, 5.41) is 16.4. The van der Waals surface area contributed by atoms with Crippen LogP contribution < -0.4 is 16.4 Å². The van der Waals surface area contributed by atoms with Crippen molar-refractivity contribution in [3.05, 3.63) is 4.88 Å². The number of carbonyl (C=O) groups is 1. The van der Waals surface area contributed by atoms with Crippen LogP contribution >= 0.6 is 11.3 Å². The summed E-state index contributed by atoms with van der Waals surface area (Å²) in [5.41, 5.74) is 5.50. The molecule has 0 saturated heterocycles. The summed E-state index contributed by atoms with van der Waals surface area (Å²) in [5.74, 6) is 0.0232. The molecule has 0 bridgehead atoms. The predicted octanol–water partition coefficient (Wildman–Crippen LogP) is 1.43. The molecule has 2 unspecified atom stereocenters. The molecule has 0 aromatic carbocycles. The molecule has 2 rings (SSSR count). The topological polar surface area (TPSA) is 100 Å². The monoisotopic (exact) mass is 298 g/mol.